The van der Waals surface area contributed by atoms with Gasteiger partial charge in [-0.15, -0.1) is 0 Å². The van der Waals surface area contributed by atoms with E-state index in [1.165, 1.54) is 28.0 Å². The molecule has 4 rings (SSSR count). The minimum absolute atomic E-state index is 0.165. The Hall–Kier alpha value is -3.56. The molecule has 0 bridgehead atoms. The number of aryl methyl sites for hydroxylation is 1. The number of aromatic nitrogens is 3. The Labute approximate surface area is 197 Å². The van der Waals surface area contributed by atoms with Crippen LogP contribution in [0.3, 0.4) is 0 Å². The van der Waals surface area contributed by atoms with E-state index in [1.54, 1.807) is 42.5 Å². The van der Waals surface area contributed by atoms with Gasteiger partial charge in [0.2, 0.25) is 4.96 Å². The van der Waals surface area contributed by atoms with Crippen molar-refractivity contribution in [2.75, 3.05) is 5.32 Å². The summed E-state index contributed by atoms with van der Waals surface area (Å²) in [7, 11) is 0. The van der Waals surface area contributed by atoms with Crippen molar-refractivity contribution in [3.05, 3.63) is 91.8 Å². The van der Waals surface area contributed by atoms with Crippen LogP contribution in [-0.4, -0.2) is 26.5 Å². The number of para-hydroxylation sites is 1. The number of hydrogen-bond acceptors (Lipinski definition) is 7. The van der Waals surface area contributed by atoms with Gasteiger partial charge in [0.15, 0.2) is 0 Å². The fourth-order valence-corrected chi connectivity index (χ4v) is 4.35. The minimum atomic E-state index is -0.664. The van der Waals surface area contributed by atoms with Crippen LogP contribution in [0, 0.1) is 0 Å². The van der Waals surface area contributed by atoms with E-state index in [2.05, 4.69) is 15.4 Å². The largest absolute Gasteiger partial charge is 0.456 e. The maximum atomic E-state index is 12.7. The summed E-state index contributed by atoms with van der Waals surface area (Å²) >= 11 is 7.42. The molecule has 0 atom stereocenters. The highest BCUT2D eigenvalue weighted by Crippen LogP contribution is 2.21. The van der Waals surface area contributed by atoms with Crippen molar-refractivity contribution in [2.45, 2.75) is 26.4 Å². The van der Waals surface area contributed by atoms with E-state index in [9.17, 15) is 14.4 Å². The van der Waals surface area contributed by atoms with Crippen molar-refractivity contribution < 1.29 is 14.3 Å². The highest BCUT2D eigenvalue weighted by atomic mass is 35.5. The normalized spacial score (nSPS) is 10.8. The van der Waals surface area contributed by atoms with Gasteiger partial charge in [-0.1, -0.05) is 54.1 Å². The zero-order valence-electron chi connectivity index (χ0n) is 17.6. The first kappa shape index (κ1) is 22.6. The van der Waals surface area contributed by atoms with E-state index in [1.807, 2.05) is 6.92 Å². The second kappa shape index (κ2) is 9.93. The number of carbonyl (C=O) groups excluding carboxylic acids is 2. The topological polar surface area (TPSA) is 103 Å². The molecule has 168 valence electrons. The minimum Gasteiger partial charge on any atom is -0.456 e. The van der Waals surface area contributed by atoms with Crippen LogP contribution < -0.4 is 10.9 Å². The molecule has 0 unspecified atom stereocenters. The predicted molar refractivity (Wildman–Crippen MR) is 126 cm³/mol. The van der Waals surface area contributed by atoms with Gasteiger partial charge in [-0.05, 0) is 30.7 Å². The van der Waals surface area contributed by atoms with Crippen LogP contribution in [0.5, 0.6) is 0 Å². The van der Waals surface area contributed by atoms with Crippen LogP contribution in [0.2, 0.25) is 5.02 Å². The lowest BCUT2D eigenvalue weighted by molar-refractivity contribution is 0.0469. The van der Waals surface area contributed by atoms with Gasteiger partial charge in [0.05, 0.1) is 27.5 Å². The summed E-state index contributed by atoms with van der Waals surface area (Å²) < 4.78 is 6.63. The maximum absolute atomic E-state index is 12.7. The summed E-state index contributed by atoms with van der Waals surface area (Å²) in [5.41, 5.74) is 0.711. The van der Waals surface area contributed by atoms with E-state index in [4.69, 9.17) is 16.3 Å². The summed E-state index contributed by atoms with van der Waals surface area (Å²) in [6.45, 7) is 1.83. The quantitative estimate of drug-likeness (QED) is 0.392. The molecule has 8 nitrogen and oxygen atoms in total. The fraction of sp³-hybridized carbons (Fsp3) is 0.174. The van der Waals surface area contributed by atoms with E-state index < -0.39 is 11.9 Å². The smallest absolute Gasteiger partial charge is 0.340 e. The molecule has 1 N–H and O–H groups in total. The number of nitrogens with one attached hydrogen (secondary N) is 1. The number of amides is 1. The summed E-state index contributed by atoms with van der Waals surface area (Å²) in [6.07, 6.45) is 1.67. The molecule has 0 spiro atoms. The number of ether oxygens (including phenoxy) is 1. The number of halogens is 1. The Morgan fingerprint density at radius 2 is 1.85 bits per heavy atom. The number of esters is 1. The van der Waals surface area contributed by atoms with E-state index in [-0.39, 0.29) is 29.0 Å². The van der Waals surface area contributed by atoms with Crippen molar-refractivity contribution in [3.8, 4) is 0 Å². The van der Waals surface area contributed by atoms with Crippen molar-refractivity contribution in [2.24, 2.45) is 0 Å². The molecule has 0 aliphatic heterocycles. The molecule has 0 aliphatic rings. The van der Waals surface area contributed by atoms with Crippen LogP contribution >= 0.6 is 22.9 Å². The van der Waals surface area contributed by atoms with Crippen LogP contribution in [0.1, 0.15) is 44.8 Å². The Balaban J connectivity index is 1.50. The van der Waals surface area contributed by atoms with Gasteiger partial charge in [-0.3, -0.25) is 9.59 Å². The van der Waals surface area contributed by atoms with Crippen LogP contribution in [0.15, 0.2) is 59.4 Å². The number of hydrogen-bond donors (Lipinski definition) is 1. The number of anilines is 1. The molecule has 0 aliphatic carbocycles. The first-order valence-corrected chi connectivity index (χ1v) is 11.4. The van der Waals surface area contributed by atoms with E-state index in [0.717, 1.165) is 17.8 Å². The maximum Gasteiger partial charge on any atom is 0.340 e. The highest BCUT2D eigenvalue weighted by molar-refractivity contribution is 7.16. The molecular weight excluding hydrogens is 464 g/mol. The predicted octanol–water partition coefficient (Wildman–Crippen LogP) is 4.37. The molecule has 33 heavy (non-hydrogen) atoms. The van der Waals surface area contributed by atoms with Crippen LogP contribution in [0.4, 0.5) is 5.69 Å². The third kappa shape index (κ3) is 5.10. The number of carbonyl (C=O) groups is 2. The van der Waals surface area contributed by atoms with Crippen molar-refractivity contribution in [1.29, 1.82) is 0 Å². The molecule has 0 fully saturated rings. The van der Waals surface area contributed by atoms with Crippen molar-refractivity contribution in [1.82, 2.24) is 14.6 Å². The lowest BCUT2D eigenvalue weighted by Gasteiger charge is -2.11. The Morgan fingerprint density at radius 1 is 1.12 bits per heavy atom. The van der Waals surface area contributed by atoms with Crippen molar-refractivity contribution >= 4 is 45.5 Å². The third-order valence-corrected chi connectivity index (χ3v) is 5.97. The fourth-order valence-electron chi connectivity index (χ4n) is 3.11. The summed E-state index contributed by atoms with van der Waals surface area (Å²) in [6, 6.07) is 14.4. The second-order valence-electron chi connectivity index (χ2n) is 7.08. The lowest BCUT2D eigenvalue weighted by Crippen LogP contribution is -2.18. The molecular formula is C23H19ClN4O4S. The Kier molecular flexibility index (Phi) is 6.81. The average molecular weight is 483 g/mol. The molecule has 2 aromatic carbocycles. The molecule has 0 radical (unpaired) electrons. The molecule has 4 aromatic rings. The number of nitrogens with zero attached hydrogens (tertiary/aromatic N) is 3. The standard InChI is InChI=1S/C23H19ClN4O4S/c1-2-7-19-27-28-20(29)12-14(25-23(28)33-19)13-32-22(31)16-9-4-6-11-18(16)26-21(30)15-8-3-5-10-17(15)24/h3-6,8-12H,2,7,13H2,1H3,(H,26,30). The van der Waals surface area contributed by atoms with Gasteiger partial charge < -0.3 is 10.1 Å². The summed E-state index contributed by atoms with van der Waals surface area (Å²) in [5, 5.41) is 8.07. The average Bonchev–Trinajstić information content (AvgIpc) is 3.21. The van der Waals surface area contributed by atoms with Gasteiger partial charge in [0, 0.05) is 12.5 Å². The Bertz CT molecular complexity index is 1400. The monoisotopic (exact) mass is 482 g/mol. The van der Waals surface area contributed by atoms with Gasteiger partial charge in [0.25, 0.3) is 11.5 Å². The molecule has 0 saturated carbocycles. The lowest BCUT2D eigenvalue weighted by atomic mass is 10.1. The number of rotatable bonds is 7. The van der Waals surface area contributed by atoms with Gasteiger partial charge in [-0.25, -0.2) is 9.78 Å². The SMILES string of the molecule is CCCc1nn2c(=O)cc(COC(=O)c3ccccc3NC(=O)c3ccccc3Cl)nc2s1. The van der Waals surface area contributed by atoms with E-state index in [0.29, 0.717) is 15.7 Å². The summed E-state index contributed by atoms with van der Waals surface area (Å²) in [4.78, 5) is 42.5. The van der Waals surface area contributed by atoms with Gasteiger partial charge in [-0.2, -0.15) is 9.61 Å². The van der Waals surface area contributed by atoms with Gasteiger partial charge in [0.1, 0.15) is 11.6 Å². The van der Waals surface area contributed by atoms with Crippen LogP contribution in [-0.2, 0) is 17.8 Å². The molecule has 2 aromatic heterocycles. The highest BCUT2D eigenvalue weighted by Gasteiger charge is 2.17. The summed E-state index contributed by atoms with van der Waals surface area (Å²) in [5.74, 6) is -1.11. The van der Waals surface area contributed by atoms with Crippen molar-refractivity contribution in [3.63, 3.8) is 0 Å². The van der Waals surface area contributed by atoms with E-state index >= 15 is 0 Å². The Morgan fingerprint density at radius 3 is 2.61 bits per heavy atom. The van der Waals surface area contributed by atoms with Crippen LogP contribution in [0.25, 0.3) is 4.96 Å². The zero-order chi connectivity index (χ0) is 23.4. The molecule has 0 saturated heterocycles. The first-order chi connectivity index (χ1) is 16.0. The second-order valence-corrected chi connectivity index (χ2v) is 8.53. The molecule has 1 amide bonds. The first-order valence-electron chi connectivity index (χ1n) is 10.2. The molecule has 10 heteroatoms. The zero-order valence-corrected chi connectivity index (χ0v) is 19.2. The van der Waals surface area contributed by atoms with Gasteiger partial charge >= 0.3 is 5.97 Å². The third-order valence-electron chi connectivity index (χ3n) is 4.67. The number of fused-ring (bicyclic) bond motifs is 1. The number of benzene rings is 2. The molecule has 2 heterocycles.